The summed E-state index contributed by atoms with van der Waals surface area (Å²) in [6, 6.07) is 0. The topological polar surface area (TPSA) is 87.2 Å². The van der Waals surface area contributed by atoms with E-state index in [1.54, 1.807) is 0 Å². The Morgan fingerprint density at radius 3 is 2.25 bits per heavy atom. The average molecular weight is 259 g/mol. The van der Waals surface area contributed by atoms with Gasteiger partial charge in [-0.15, -0.1) is 5.10 Å². The fraction of sp³-hybridized carbons (Fsp3) is 0.500. The average Bonchev–Trinajstić information content (AvgIpc) is 2.31. The van der Waals surface area contributed by atoms with Crippen LogP contribution in [0, 0.1) is 6.92 Å². The molecule has 0 radical (unpaired) electrons. The Morgan fingerprint density at radius 1 is 1.44 bits per heavy atom. The third-order valence-electron chi connectivity index (χ3n) is 1.77. The summed E-state index contributed by atoms with van der Waals surface area (Å²) in [4.78, 5) is 0. The van der Waals surface area contributed by atoms with E-state index in [2.05, 4.69) is 9.28 Å². The van der Waals surface area contributed by atoms with Crippen LogP contribution < -0.4 is 9.92 Å². The molecule has 0 spiro atoms. The molecule has 0 saturated carbocycles. The number of alkyl halides is 3. The van der Waals surface area contributed by atoms with Gasteiger partial charge in [-0.05, 0) is 6.92 Å². The van der Waals surface area contributed by atoms with Gasteiger partial charge in [-0.25, -0.2) is 4.68 Å². The van der Waals surface area contributed by atoms with Gasteiger partial charge in [0.2, 0.25) is 0 Å². The quantitative estimate of drug-likeness (QED) is 0.618. The molecule has 6 nitrogen and oxygen atoms in total. The van der Waals surface area contributed by atoms with Gasteiger partial charge in [-0.1, -0.05) is 0 Å². The minimum absolute atomic E-state index is 0.0207. The van der Waals surface area contributed by atoms with E-state index in [1.807, 2.05) is 0 Å². The number of hydrogen-bond acceptors (Lipinski definition) is 5. The molecule has 1 aromatic heterocycles. The Hall–Kier alpha value is -1.45. The molecular formula is C6H8F3N3O3S. The van der Waals surface area contributed by atoms with Crippen LogP contribution in [0.4, 0.5) is 19.0 Å². The normalized spacial score (nSPS) is 12.8. The van der Waals surface area contributed by atoms with Gasteiger partial charge in [0, 0.05) is 7.05 Å². The van der Waals surface area contributed by atoms with Crippen LogP contribution in [-0.4, -0.2) is 23.7 Å². The Morgan fingerprint density at radius 2 is 1.94 bits per heavy atom. The van der Waals surface area contributed by atoms with E-state index in [0.717, 1.165) is 4.68 Å². The highest BCUT2D eigenvalue weighted by molar-refractivity contribution is 7.87. The molecular weight excluding hydrogens is 251 g/mol. The maximum absolute atomic E-state index is 12.0. The monoisotopic (exact) mass is 259 g/mol. The summed E-state index contributed by atoms with van der Waals surface area (Å²) >= 11 is 0. The summed E-state index contributed by atoms with van der Waals surface area (Å²) in [7, 11) is -4.37. The second kappa shape index (κ2) is 3.54. The lowest BCUT2D eigenvalue weighted by Gasteiger charge is -2.07. The van der Waals surface area contributed by atoms with Gasteiger partial charge in [-0.3, -0.25) is 0 Å². The first-order valence-corrected chi connectivity index (χ1v) is 5.27. The van der Waals surface area contributed by atoms with Gasteiger partial charge < -0.3 is 9.92 Å². The number of nitrogens with zero attached hydrogens (tertiary/aromatic N) is 2. The number of aryl methyl sites for hydroxylation is 1. The molecule has 0 aliphatic heterocycles. The minimum atomic E-state index is -5.71. The first-order valence-electron chi connectivity index (χ1n) is 3.86. The van der Waals surface area contributed by atoms with Crippen LogP contribution in [-0.2, 0) is 17.2 Å². The highest BCUT2D eigenvalue weighted by Gasteiger charge is 2.49. The lowest BCUT2D eigenvalue weighted by atomic mass is 10.4. The van der Waals surface area contributed by atoms with Gasteiger partial charge >= 0.3 is 15.6 Å². The lowest BCUT2D eigenvalue weighted by Crippen LogP contribution is -2.28. The zero-order chi connectivity index (χ0) is 12.7. The third kappa shape index (κ3) is 2.05. The first kappa shape index (κ1) is 12.6. The zero-order valence-electron chi connectivity index (χ0n) is 8.24. The fourth-order valence-corrected chi connectivity index (χ4v) is 1.31. The molecule has 16 heavy (non-hydrogen) atoms. The maximum Gasteiger partial charge on any atom is 0.534 e. The number of rotatable bonds is 2. The number of nitrogens with two attached hydrogens (primary N) is 1. The molecule has 0 amide bonds. The smallest absolute Gasteiger partial charge is 0.384 e. The first-order chi connectivity index (χ1) is 7.06. The Bertz CT molecular complexity index is 505. The highest BCUT2D eigenvalue weighted by Crippen LogP contribution is 2.29. The van der Waals surface area contributed by atoms with Crippen molar-refractivity contribution < 1.29 is 25.8 Å². The van der Waals surface area contributed by atoms with E-state index in [-0.39, 0.29) is 11.4 Å². The van der Waals surface area contributed by atoms with Crippen molar-refractivity contribution in [3.63, 3.8) is 0 Å². The van der Waals surface area contributed by atoms with E-state index in [4.69, 9.17) is 5.73 Å². The van der Waals surface area contributed by atoms with Crippen molar-refractivity contribution in [3.05, 3.63) is 5.56 Å². The van der Waals surface area contributed by atoms with E-state index in [0.29, 0.717) is 0 Å². The lowest BCUT2D eigenvalue weighted by molar-refractivity contribution is -0.0501. The Kier molecular flexibility index (Phi) is 2.79. The predicted molar refractivity (Wildman–Crippen MR) is 48.0 cm³/mol. The molecule has 0 unspecified atom stereocenters. The SMILES string of the molecule is Cc1c(OS(=O)(=O)C(F)(F)F)nn(C)c1N. The number of aromatic nitrogens is 2. The molecule has 0 bridgehead atoms. The van der Waals surface area contributed by atoms with Gasteiger partial charge in [0.05, 0.1) is 5.56 Å². The fourth-order valence-electron chi connectivity index (χ4n) is 0.848. The van der Waals surface area contributed by atoms with Crippen LogP contribution in [0.1, 0.15) is 5.56 Å². The molecule has 0 atom stereocenters. The van der Waals surface area contributed by atoms with Crippen LogP contribution >= 0.6 is 0 Å². The largest absolute Gasteiger partial charge is 0.534 e. The van der Waals surface area contributed by atoms with Gasteiger partial charge in [0.15, 0.2) is 0 Å². The molecule has 1 heterocycles. The molecule has 1 rings (SSSR count). The van der Waals surface area contributed by atoms with Gasteiger partial charge in [-0.2, -0.15) is 21.6 Å². The zero-order valence-corrected chi connectivity index (χ0v) is 9.06. The number of halogens is 3. The summed E-state index contributed by atoms with van der Waals surface area (Å²) in [6.07, 6.45) is 0. The molecule has 0 aliphatic rings. The van der Waals surface area contributed by atoms with Crippen LogP contribution in [0.5, 0.6) is 5.88 Å². The highest BCUT2D eigenvalue weighted by atomic mass is 32.2. The predicted octanol–water partition coefficient (Wildman–Crippen LogP) is 0.539. The number of anilines is 1. The van der Waals surface area contributed by atoms with Gasteiger partial charge in [0.25, 0.3) is 5.88 Å². The Labute approximate surface area is 88.9 Å². The van der Waals surface area contributed by atoms with Crippen molar-refractivity contribution in [1.82, 2.24) is 9.78 Å². The molecule has 10 heteroatoms. The maximum atomic E-state index is 12.0. The summed E-state index contributed by atoms with van der Waals surface area (Å²) in [5.41, 5.74) is -0.0959. The van der Waals surface area contributed by atoms with Gasteiger partial charge in [0.1, 0.15) is 5.82 Å². The van der Waals surface area contributed by atoms with Crippen molar-refractivity contribution in [2.24, 2.45) is 7.05 Å². The van der Waals surface area contributed by atoms with Crippen LogP contribution in [0.2, 0.25) is 0 Å². The summed E-state index contributed by atoms with van der Waals surface area (Å²) in [5, 5.41) is 3.40. The summed E-state index contributed by atoms with van der Waals surface area (Å²) in [6.45, 7) is 1.30. The van der Waals surface area contributed by atoms with Crippen molar-refractivity contribution in [2.45, 2.75) is 12.4 Å². The number of hydrogen-bond donors (Lipinski definition) is 1. The molecule has 0 aliphatic carbocycles. The minimum Gasteiger partial charge on any atom is -0.384 e. The molecule has 0 fully saturated rings. The van der Waals surface area contributed by atoms with Crippen LogP contribution in [0.25, 0.3) is 0 Å². The molecule has 0 saturated heterocycles. The standard InChI is InChI=1S/C6H8F3N3O3S/c1-3-4(10)12(2)11-5(3)15-16(13,14)6(7,8)9/h10H2,1-2H3. The van der Waals surface area contributed by atoms with Crippen LogP contribution in [0.15, 0.2) is 0 Å². The molecule has 2 N–H and O–H groups in total. The van der Waals surface area contributed by atoms with Crippen molar-refractivity contribution >= 4 is 15.9 Å². The van der Waals surface area contributed by atoms with E-state index < -0.39 is 21.5 Å². The molecule has 0 aromatic carbocycles. The third-order valence-corrected chi connectivity index (χ3v) is 2.71. The number of nitrogen functional groups attached to an aromatic ring is 1. The Balaban J connectivity index is 3.12. The second-order valence-corrected chi connectivity index (χ2v) is 4.46. The molecule has 1 aromatic rings. The summed E-state index contributed by atoms with van der Waals surface area (Å²) in [5.74, 6) is -0.662. The second-order valence-electron chi connectivity index (χ2n) is 2.92. The van der Waals surface area contributed by atoms with Crippen molar-refractivity contribution in [2.75, 3.05) is 5.73 Å². The van der Waals surface area contributed by atoms with E-state index in [9.17, 15) is 21.6 Å². The van der Waals surface area contributed by atoms with E-state index in [1.165, 1.54) is 14.0 Å². The molecule has 92 valence electrons. The van der Waals surface area contributed by atoms with Crippen LogP contribution in [0.3, 0.4) is 0 Å². The summed E-state index contributed by atoms with van der Waals surface area (Å²) < 4.78 is 62.1. The van der Waals surface area contributed by atoms with E-state index >= 15 is 0 Å². The van der Waals surface area contributed by atoms with Crippen molar-refractivity contribution in [3.8, 4) is 5.88 Å². The van der Waals surface area contributed by atoms with Crippen molar-refractivity contribution in [1.29, 1.82) is 0 Å².